The van der Waals surface area contributed by atoms with Crippen molar-refractivity contribution in [3.8, 4) is 0 Å². The van der Waals surface area contributed by atoms with Crippen LogP contribution in [0.25, 0.3) is 0 Å². The third-order valence-corrected chi connectivity index (χ3v) is 3.28. The van der Waals surface area contributed by atoms with Crippen LogP contribution in [-0.2, 0) is 6.42 Å². The first kappa shape index (κ1) is 14.3. The Kier molecular flexibility index (Phi) is 4.51. The van der Waals surface area contributed by atoms with Crippen LogP contribution in [0.5, 0.6) is 0 Å². The lowest BCUT2D eigenvalue weighted by atomic mass is 10.1. The number of amides is 1. The summed E-state index contributed by atoms with van der Waals surface area (Å²) in [4.78, 5) is 13.7. The molecule has 0 spiro atoms. The summed E-state index contributed by atoms with van der Waals surface area (Å²) in [6, 6.07) is 14.6. The van der Waals surface area contributed by atoms with E-state index in [1.165, 1.54) is 6.07 Å². The second-order valence-electron chi connectivity index (χ2n) is 4.95. The number of rotatable bonds is 4. The first-order valence-corrected chi connectivity index (χ1v) is 6.63. The number of likely N-dealkylation sites (N-methyl/N-ethyl adjacent to an activating group) is 1. The molecular weight excluding hydrogens is 253 g/mol. The SMILES string of the molecule is Cc1ccc(C(=O)N(C)CCc2ccccc2)c(F)c1. The van der Waals surface area contributed by atoms with E-state index in [2.05, 4.69) is 0 Å². The first-order valence-electron chi connectivity index (χ1n) is 6.63. The minimum Gasteiger partial charge on any atom is -0.341 e. The van der Waals surface area contributed by atoms with Crippen molar-refractivity contribution in [3.05, 3.63) is 71.0 Å². The van der Waals surface area contributed by atoms with Crippen molar-refractivity contribution in [3.63, 3.8) is 0 Å². The first-order chi connectivity index (χ1) is 9.58. The summed E-state index contributed by atoms with van der Waals surface area (Å²) in [6.45, 7) is 2.37. The molecule has 0 aliphatic rings. The monoisotopic (exact) mass is 271 g/mol. The Hall–Kier alpha value is -2.16. The van der Waals surface area contributed by atoms with Crippen LogP contribution in [0.3, 0.4) is 0 Å². The molecule has 2 aromatic carbocycles. The molecule has 0 heterocycles. The topological polar surface area (TPSA) is 20.3 Å². The molecule has 20 heavy (non-hydrogen) atoms. The van der Waals surface area contributed by atoms with Crippen molar-refractivity contribution >= 4 is 5.91 Å². The number of aryl methyl sites for hydroxylation is 1. The molecule has 0 N–H and O–H groups in total. The van der Waals surface area contributed by atoms with E-state index in [4.69, 9.17) is 0 Å². The maximum Gasteiger partial charge on any atom is 0.256 e. The fourth-order valence-corrected chi connectivity index (χ4v) is 2.04. The van der Waals surface area contributed by atoms with Gasteiger partial charge in [0.05, 0.1) is 5.56 Å². The Labute approximate surface area is 118 Å². The minimum atomic E-state index is -0.457. The van der Waals surface area contributed by atoms with Crippen LogP contribution in [0.2, 0.25) is 0 Å². The number of hydrogen-bond donors (Lipinski definition) is 0. The molecule has 0 radical (unpaired) electrons. The van der Waals surface area contributed by atoms with Gasteiger partial charge in [-0.15, -0.1) is 0 Å². The van der Waals surface area contributed by atoms with Crippen LogP contribution in [0, 0.1) is 12.7 Å². The number of nitrogens with zero attached hydrogens (tertiary/aromatic N) is 1. The molecule has 0 aliphatic heterocycles. The normalized spacial score (nSPS) is 10.3. The Balaban J connectivity index is 2.01. The number of benzene rings is 2. The van der Waals surface area contributed by atoms with Crippen LogP contribution in [0.4, 0.5) is 4.39 Å². The van der Waals surface area contributed by atoms with E-state index >= 15 is 0 Å². The highest BCUT2D eigenvalue weighted by Gasteiger charge is 2.15. The van der Waals surface area contributed by atoms with E-state index in [9.17, 15) is 9.18 Å². The van der Waals surface area contributed by atoms with Crippen molar-refractivity contribution in [2.75, 3.05) is 13.6 Å². The summed E-state index contributed by atoms with van der Waals surface area (Å²) < 4.78 is 13.8. The maximum absolute atomic E-state index is 13.8. The second kappa shape index (κ2) is 6.33. The van der Waals surface area contributed by atoms with Gasteiger partial charge in [-0.05, 0) is 36.6 Å². The molecule has 0 fully saturated rings. The third kappa shape index (κ3) is 3.44. The van der Waals surface area contributed by atoms with Crippen LogP contribution in [-0.4, -0.2) is 24.4 Å². The van der Waals surface area contributed by atoms with Gasteiger partial charge in [-0.3, -0.25) is 4.79 Å². The van der Waals surface area contributed by atoms with E-state index in [1.807, 2.05) is 30.3 Å². The number of hydrogen-bond acceptors (Lipinski definition) is 1. The van der Waals surface area contributed by atoms with Gasteiger partial charge in [0.25, 0.3) is 5.91 Å². The Morgan fingerprint density at radius 3 is 2.50 bits per heavy atom. The summed E-state index contributed by atoms with van der Waals surface area (Å²) in [5, 5.41) is 0. The van der Waals surface area contributed by atoms with Gasteiger partial charge in [0, 0.05) is 13.6 Å². The number of carbonyl (C=O) groups is 1. The highest BCUT2D eigenvalue weighted by molar-refractivity contribution is 5.94. The molecule has 104 valence electrons. The zero-order valence-electron chi connectivity index (χ0n) is 11.8. The lowest BCUT2D eigenvalue weighted by Crippen LogP contribution is -2.29. The molecule has 3 heteroatoms. The van der Waals surface area contributed by atoms with E-state index < -0.39 is 5.82 Å². The average Bonchev–Trinajstić information content (AvgIpc) is 2.45. The van der Waals surface area contributed by atoms with Gasteiger partial charge in [0.15, 0.2) is 0 Å². The number of halogens is 1. The molecule has 2 nitrogen and oxygen atoms in total. The lowest BCUT2D eigenvalue weighted by Gasteiger charge is -2.17. The van der Waals surface area contributed by atoms with E-state index in [-0.39, 0.29) is 11.5 Å². The third-order valence-electron chi connectivity index (χ3n) is 3.28. The summed E-state index contributed by atoms with van der Waals surface area (Å²) in [5.41, 5.74) is 2.11. The molecule has 0 saturated heterocycles. The minimum absolute atomic E-state index is 0.131. The van der Waals surface area contributed by atoms with Gasteiger partial charge in [-0.2, -0.15) is 0 Å². The Bertz CT molecular complexity index is 595. The molecule has 0 saturated carbocycles. The van der Waals surface area contributed by atoms with Crippen LogP contribution >= 0.6 is 0 Å². The zero-order valence-corrected chi connectivity index (χ0v) is 11.8. The Morgan fingerprint density at radius 1 is 1.15 bits per heavy atom. The second-order valence-corrected chi connectivity index (χ2v) is 4.95. The maximum atomic E-state index is 13.8. The molecule has 0 aliphatic carbocycles. The van der Waals surface area contributed by atoms with Crippen molar-refractivity contribution < 1.29 is 9.18 Å². The highest BCUT2D eigenvalue weighted by Crippen LogP contribution is 2.12. The highest BCUT2D eigenvalue weighted by atomic mass is 19.1. The molecule has 1 amide bonds. The molecule has 0 unspecified atom stereocenters. The standard InChI is InChI=1S/C17H18FNO/c1-13-8-9-15(16(18)12-13)17(20)19(2)11-10-14-6-4-3-5-7-14/h3-9,12H,10-11H2,1-2H3. The summed E-state index contributed by atoms with van der Waals surface area (Å²) >= 11 is 0. The molecule has 0 atom stereocenters. The van der Waals surface area contributed by atoms with Crippen molar-refractivity contribution in [2.45, 2.75) is 13.3 Å². The average molecular weight is 271 g/mol. The van der Waals surface area contributed by atoms with Crippen molar-refractivity contribution in [1.82, 2.24) is 4.90 Å². The van der Waals surface area contributed by atoms with E-state index in [0.29, 0.717) is 6.54 Å². The molecular formula is C17H18FNO. The molecule has 0 bridgehead atoms. The van der Waals surface area contributed by atoms with Gasteiger partial charge in [0.1, 0.15) is 5.82 Å². The smallest absolute Gasteiger partial charge is 0.256 e. The van der Waals surface area contributed by atoms with E-state index in [0.717, 1.165) is 17.5 Å². The largest absolute Gasteiger partial charge is 0.341 e. The predicted octanol–water partition coefficient (Wildman–Crippen LogP) is 3.45. The van der Waals surface area contributed by atoms with Crippen molar-refractivity contribution in [2.24, 2.45) is 0 Å². The summed E-state index contributed by atoms with van der Waals surface area (Å²) in [6.07, 6.45) is 0.760. The lowest BCUT2D eigenvalue weighted by molar-refractivity contribution is 0.0792. The Morgan fingerprint density at radius 2 is 1.85 bits per heavy atom. The quantitative estimate of drug-likeness (QED) is 0.834. The van der Waals surface area contributed by atoms with Crippen LogP contribution in [0.1, 0.15) is 21.5 Å². The van der Waals surface area contributed by atoms with Gasteiger partial charge in [-0.25, -0.2) is 4.39 Å². The summed E-state index contributed by atoms with van der Waals surface area (Å²) in [7, 11) is 1.70. The predicted molar refractivity (Wildman–Crippen MR) is 78.2 cm³/mol. The van der Waals surface area contributed by atoms with Crippen LogP contribution < -0.4 is 0 Å². The van der Waals surface area contributed by atoms with Crippen molar-refractivity contribution in [1.29, 1.82) is 0 Å². The zero-order chi connectivity index (χ0) is 14.5. The molecule has 0 aromatic heterocycles. The van der Waals surface area contributed by atoms with Gasteiger partial charge in [0.2, 0.25) is 0 Å². The fourth-order valence-electron chi connectivity index (χ4n) is 2.04. The van der Waals surface area contributed by atoms with Gasteiger partial charge < -0.3 is 4.90 Å². The number of carbonyl (C=O) groups excluding carboxylic acids is 1. The van der Waals surface area contributed by atoms with Crippen LogP contribution in [0.15, 0.2) is 48.5 Å². The van der Waals surface area contributed by atoms with E-state index in [1.54, 1.807) is 31.0 Å². The fraction of sp³-hybridized carbons (Fsp3) is 0.235. The summed E-state index contributed by atoms with van der Waals surface area (Å²) in [5.74, 6) is -0.736. The molecule has 2 aromatic rings. The van der Waals surface area contributed by atoms with Gasteiger partial charge >= 0.3 is 0 Å². The van der Waals surface area contributed by atoms with Gasteiger partial charge in [-0.1, -0.05) is 36.4 Å². The molecule has 2 rings (SSSR count).